The van der Waals surface area contributed by atoms with Gasteiger partial charge in [-0.1, -0.05) is 6.42 Å². The van der Waals surface area contributed by atoms with Gasteiger partial charge >= 0.3 is 0 Å². The predicted molar refractivity (Wildman–Crippen MR) is 91.4 cm³/mol. The third kappa shape index (κ3) is 2.64. The number of likely N-dealkylation sites (tertiary alicyclic amines) is 1. The molecule has 130 valence electrons. The van der Waals surface area contributed by atoms with Crippen molar-refractivity contribution in [2.75, 3.05) is 26.7 Å². The number of pyridine rings is 1. The number of nitrogens with two attached hydrogens (primary N) is 1. The molecule has 2 saturated carbocycles. The summed E-state index contributed by atoms with van der Waals surface area (Å²) >= 11 is 0. The average Bonchev–Trinajstić information content (AvgIpc) is 3.38. The van der Waals surface area contributed by atoms with Crippen LogP contribution in [0.4, 0.5) is 0 Å². The number of fused-ring (bicyclic) bond motifs is 2. The van der Waals surface area contributed by atoms with E-state index in [9.17, 15) is 4.79 Å². The average molecular weight is 329 g/mol. The molecule has 2 bridgehead atoms. The smallest absolute Gasteiger partial charge is 0.250 e. The molecule has 2 heterocycles. The number of hydrogen-bond acceptors (Lipinski definition) is 4. The summed E-state index contributed by atoms with van der Waals surface area (Å²) in [5.74, 6) is 1.41. The summed E-state index contributed by atoms with van der Waals surface area (Å²) in [5, 5.41) is 0. The molecule has 0 spiro atoms. The van der Waals surface area contributed by atoms with Crippen LogP contribution < -0.4 is 5.73 Å². The Morgan fingerprint density at radius 3 is 2.58 bits per heavy atom. The molecule has 4 rings (SSSR count). The van der Waals surface area contributed by atoms with Gasteiger partial charge in [0, 0.05) is 56.5 Å². The number of nitrogens with zero attached hydrogens (tertiary/aromatic N) is 2. The van der Waals surface area contributed by atoms with Gasteiger partial charge in [-0.3, -0.25) is 9.78 Å². The molecule has 5 heteroatoms. The zero-order valence-electron chi connectivity index (χ0n) is 14.4. The molecular weight excluding hydrogens is 302 g/mol. The summed E-state index contributed by atoms with van der Waals surface area (Å²) < 4.78 is 6.22. The van der Waals surface area contributed by atoms with Gasteiger partial charge < -0.3 is 15.4 Å². The number of carbonyl (C=O) groups excluding carboxylic acids is 1. The first-order valence-corrected chi connectivity index (χ1v) is 9.16. The number of ether oxygens (including phenoxy) is 1. The van der Waals surface area contributed by atoms with E-state index in [-0.39, 0.29) is 5.60 Å². The third-order valence-corrected chi connectivity index (χ3v) is 6.30. The molecule has 0 aromatic carbocycles. The molecule has 2 N–H and O–H groups in total. The summed E-state index contributed by atoms with van der Waals surface area (Å²) in [5.41, 5.74) is 6.65. The molecule has 2 aliphatic carbocycles. The second-order valence-electron chi connectivity index (χ2n) is 7.81. The van der Waals surface area contributed by atoms with Crippen molar-refractivity contribution in [2.24, 2.45) is 23.5 Å². The van der Waals surface area contributed by atoms with Crippen molar-refractivity contribution in [2.45, 2.75) is 37.7 Å². The molecule has 3 fully saturated rings. The minimum Gasteiger partial charge on any atom is -0.373 e. The van der Waals surface area contributed by atoms with E-state index in [1.54, 1.807) is 6.20 Å². The Hall–Kier alpha value is -1.46. The van der Waals surface area contributed by atoms with E-state index in [0.717, 1.165) is 24.6 Å². The van der Waals surface area contributed by atoms with E-state index in [0.29, 0.717) is 17.4 Å². The topological polar surface area (TPSA) is 68.5 Å². The summed E-state index contributed by atoms with van der Waals surface area (Å²) in [6.45, 7) is 3.41. The van der Waals surface area contributed by atoms with Gasteiger partial charge in [-0.15, -0.1) is 0 Å². The number of methoxy groups -OCH3 is 1. The van der Waals surface area contributed by atoms with Crippen molar-refractivity contribution >= 4 is 5.91 Å². The number of hydrogen-bond donors (Lipinski definition) is 1. The molecule has 1 aliphatic heterocycles. The van der Waals surface area contributed by atoms with Crippen LogP contribution in [0.15, 0.2) is 18.5 Å². The van der Waals surface area contributed by atoms with Crippen molar-refractivity contribution in [1.29, 1.82) is 0 Å². The van der Waals surface area contributed by atoms with Gasteiger partial charge in [-0.25, -0.2) is 0 Å². The molecule has 0 unspecified atom stereocenters. The Labute approximate surface area is 143 Å². The van der Waals surface area contributed by atoms with Gasteiger partial charge in [-0.2, -0.15) is 0 Å². The standard InChI is InChI=1S/C19H27N3O2/c1-24-19(17-7-14(18(20)23)8-21-9-17)15-3-2-4-16(19)12-22(11-15)10-13-5-6-13/h7-9,13,15-16H,2-6,10-12H2,1H3,(H2,20,23)/t15-,16+,19-. The fourth-order valence-corrected chi connectivity index (χ4v) is 5.05. The fraction of sp³-hybridized carbons (Fsp3) is 0.684. The minimum absolute atomic E-state index is 0.323. The molecule has 24 heavy (non-hydrogen) atoms. The highest BCUT2D eigenvalue weighted by atomic mass is 16.5. The summed E-state index contributed by atoms with van der Waals surface area (Å²) in [4.78, 5) is 18.5. The monoisotopic (exact) mass is 329 g/mol. The van der Waals surface area contributed by atoms with Crippen LogP contribution in [0.25, 0.3) is 0 Å². The summed E-state index contributed by atoms with van der Waals surface area (Å²) in [6, 6.07) is 1.90. The molecular formula is C19H27N3O2. The lowest BCUT2D eigenvalue weighted by Crippen LogP contribution is -2.59. The van der Waals surface area contributed by atoms with Gasteiger partial charge in [0.2, 0.25) is 5.91 Å². The van der Waals surface area contributed by atoms with Crippen LogP contribution in [-0.2, 0) is 10.3 Å². The van der Waals surface area contributed by atoms with Crippen LogP contribution in [0.1, 0.15) is 48.0 Å². The molecule has 1 saturated heterocycles. The largest absolute Gasteiger partial charge is 0.373 e. The number of rotatable bonds is 5. The lowest BCUT2D eigenvalue weighted by molar-refractivity contribution is -0.169. The Morgan fingerprint density at radius 2 is 2.00 bits per heavy atom. The quantitative estimate of drug-likeness (QED) is 0.899. The lowest BCUT2D eigenvalue weighted by atomic mass is 9.62. The van der Waals surface area contributed by atoms with Crippen LogP contribution in [0.2, 0.25) is 0 Å². The molecule has 0 radical (unpaired) electrons. The van der Waals surface area contributed by atoms with E-state index < -0.39 is 5.91 Å². The molecule has 5 nitrogen and oxygen atoms in total. The third-order valence-electron chi connectivity index (χ3n) is 6.30. The maximum absolute atomic E-state index is 11.6. The Bertz CT molecular complexity index is 615. The van der Waals surface area contributed by atoms with Gasteiger partial charge in [0.25, 0.3) is 0 Å². The first-order valence-electron chi connectivity index (χ1n) is 9.16. The van der Waals surface area contributed by atoms with Crippen LogP contribution in [-0.4, -0.2) is 42.5 Å². The highest BCUT2D eigenvalue weighted by Gasteiger charge is 2.53. The van der Waals surface area contributed by atoms with Crippen molar-refractivity contribution < 1.29 is 9.53 Å². The number of primary amides is 1. The minimum atomic E-state index is -0.424. The van der Waals surface area contributed by atoms with E-state index in [4.69, 9.17) is 10.5 Å². The Balaban J connectivity index is 1.67. The SMILES string of the molecule is CO[C@]1(c2cncc(C(N)=O)c2)[C@@H]2CCC[C@H]1CN(CC1CC1)C2. The van der Waals surface area contributed by atoms with Crippen LogP contribution in [0.5, 0.6) is 0 Å². The van der Waals surface area contributed by atoms with Crippen molar-refractivity contribution in [3.8, 4) is 0 Å². The molecule has 1 aromatic rings. The zero-order valence-corrected chi connectivity index (χ0v) is 14.4. The summed E-state index contributed by atoms with van der Waals surface area (Å²) in [7, 11) is 1.82. The van der Waals surface area contributed by atoms with Gasteiger partial charge in [-0.05, 0) is 37.7 Å². The first kappa shape index (κ1) is 16.0. The highest BCUT2D eigenvalue weighted by Crippen LogP contribution is 2.51. The van der Waals surface area contributed by atoms with Crippen molar-refractivity contribution in [3.05, 3.63) is 29.6 Å². The second kappa shape index (κ2) is 6.12. The fourth-order valence-electron chi connectivity index (χ4n) is 5.05. The maximum Gasteiger partial charge on any atom is 0.250 e. The highest BCUT2D eigenvalue weighted by molar-refractivity contribution is 5.92. The second-order valence-corrected chi connectivity index (χ2v) is 7.81. The Morgan fingerprint density at radius 1 is 1.29 bits per heavy atom. The van der Waals surface area contributed by atoms with E-state index >= 15 is 0 Å². The molecule has 3 atom stereocenters. The number of amides is 1. The number of aromatic nitrogens is 1. The first-order chi connectivity index (χ1) is 11.6. The predicted octanol–water partition coefficient (Wildman–Crippen LogP) is 2.16. The molecule has 3 aliphatic rings. The Kier molecular flexibility index (Phi) is 4.09. The number of piperidine rings is 1. The molecule has 1 aromatic heterocycles. The van der Waals surface area contributed by atoms with Crippen LogP contribution in [0.3, 0.4) is 0 Å². The summed E-state index contributed by atoms with van der Waals surface area (Å²) in [6.07, 6.45) is 9.82. The van der Waals surface area contributed by atoms with Crippen LogP contribution >= 0.6 is 0 Å². The molecule has 1 amide bonds. The van der Waals surface area contributed by atoms with Crippen LogP contribution in [0, 0.1) is 17.8 Å². The van der Waals surface area contributed by atoms with E-state index in [1.165, 1.54) is 38.6 Å². The maximum atomic E-state index is 11.6. The van der Waals surface area contributed by atoms with Gasteiger partial charge in [0.1, 0.15) is 5.60 Å². The van der Waals surface area contributed by atoms with Gasteiger partial charge in [0.15, 0.2) is 0 Å². The number of carbonyl (C=O) groups is 1. The normalized spacial score (nSPS) is 33.4. The van der Waals surface area contributed by atoms with E-state index in [1.807, 2.05) is 19.4 Å². The van der Waals surface area contributed by atoms with E-state index in [2.05, 4.69) is 9.88 Å². The van der Waals surface area contributed by atoms with Gasteiger partial charge in [0.05, 0.1) is 5.56 Å². The lowest BCUT2D eigenvalue weighted by Gasteiger charge is -2.55. The van der Waals surface area contributed by atoms with Crippen molar-refractivity contribution in [1.82, 2.24) is 9.88 Å². The zero-order chi connectivity index (χ0) is 16.7. The van der Waals surface area contributed by atoms with Crippen molar-refractivity contribution in [3.63, 3.8) is 0 Å².